The molecule has 0 aliphatic rings. The number of aryl methyl sites for hydroxylation is 1. The van der Waals surface area contributed by atoms with Gasteiger partial charge in [0.1, 0.15) is 17.1 Å². The van der Waals surface area contributed by atoms with Crippen LogP contribution in [0.2, 0.25) is 0 Å². The second-order valence-corrected chi connectivity index (χ2v) is 9.76. The van der Waals surface area contributed by atoms with Gasteiger partial charge in [0.2, 0.25) is 0 Å². The van der Waals surface area contributed by atoms with Crippen molar-refractivity contribution in [3.63, 3.8) is 0 Å². The largest absolute Gasteiger partial charge is 0.494 e. The van der Waals surface area contributed by atoms with E-state index in [4.69, 9.17) is 14.4 Å². The molecule has 0 unspecified atom stereocenters. The van der Waals surface area contributed by atoms with Gasteiger partial charge in [0.25, 0.3) is 5.91 Å². The zero-order valence-electron chi connectivity index (χ0n) is 23.1. The van der Waals surface area contributed by atoms with Gasteiger partial charge in [0.15, 0.2) is 5.78 Å². The number of benzene rings is 2. The lowest BCUT2D eigenvalue weighted by atomic mass is 9.97. The molecule has 1 amide bonds. The molecule has 7 nitrogen and oxygen atoms in total. The molecule has 2 aromatic carbocycles. The maximum atomic E-state index is 13.6. The van der Waals surface area contributed by atoms with Crippen LogP contribution in [0.25, 0.3) is 11.0 Å². The van der Waals surface area contributed by atoms with E-state index in [0.717, 1.165) is 44.6 Å². The number of rotatable bonds is 17. The monoisotopic (exact) mass is 522 g/mol. The number of nitrogens with one attached hydrogen (secondary N) is 1. The SMILES string of the molecule is CCCCc1oc2ccc(C(=O)NO)cc2c1C(=O)c1ccc(OCCCN(CCCC)CCCC)cc1. The first-order chi connectivity index (χ1) is 18.5. The molecule has 0 spiro atoms. The van der Waals surface area contributed by atoms with Crippen LogP contribution in [0.15, 0.2) is 46.9 Å². The normalized spacial score (nSPS) is 11.3. The van der Waals surface area contributed by atoms with Gasteiger partial charge >= 0.3 is 0 Å². The number of hydrogen-bond donors (Lipinski definition) is 2. The van der Waals surface area contributed by atoms with Crippen molar-refractivity contribution in [2.24, 2.45) is 0 Å². The highest BCUT2D eigenvalue weighted by molar-refractivity contribution is 6.17. The van der Waals surface area contributed by atoms with E-state index in [1.165, 1.54) is 25.7 Å². The van der Waals surface area contributed by atoms with Gasteiger partial charge in [0.05, 0.1) is 12.2 Å². The number of nitrogens with zero attached hydrogens (tertiary/aromatic N) is 1. The van der Waals surface area contributed by atoms with Gasteiger partial charge in [-0.1, -0.05) is 40.0 Å². The quantitative estimate of drug-likeness (QED) is 0.0877. The summed E-state index contributed by atoms with van der Waals surface area (Å²) < 4.78 is 12.0. The highest BCUT2D eigenvalue weighted by atomic mass is 16.5. The van der Waals surface area contributed by atoms with Crippen molar-refractivity contribution >= 4 is 22.7 Å². The molecule has 0 radical (unpaired) electrons. The number of carbonyl (C=O) groups is 2. The van der Waals surface area contributed by atoms with Crippen LogP contribution in [0.4, 0.5) is 0 Å². The van der Waals surface area contributed by atoms with Crippen LogP contribution in [0.3, 0.4) is 0 Å². The van der Waals surface area contributed by atoms with E-state index in [9.17, 15) is 9.59 Å². The number of amides is 1. The number of carbonyl (C=O) groups excluding carboxylic acids is 2. The van der Waals surface area contributed by atoms with Crippen molar-refractivity contribution in [1.29, 1.82) is 0 Å². The predicted octanol–water partition coefficient (Wildman–Crippen LogP) is 6.80. The van der Waals surface area contributed by atoms with Crippen LogP contribution in [0, 0.1) is 0 Å². The van der Waals surface area contributed by atoms with Gasteiger partial charge in [-0.25, -0.2) is 5.48 Å². The third kappa shape index (κ3) is 7.92. The maximum absolute atomic E-state index is 13.6. The Kier molecular flexibility index (Phi) is 11.8. The molecule has 3 aromatic rings. The smallest absolute Gasteiger partial charge is 0.274 e. The molecule has 0 aliphatic carbocycles. The van der Waals surface area contributed by atoms with E-state index in [-0.39, 0.29) is 11.3 Å². The van der Waals surface area contributed by atoms with Gasteiger partial charge < -0.3 is 14.1 Å². The number of ketones is 1. The highest BCUT2D eigenvalue weighted by Crippen LogP contribution is 2.31. The van der Waals surface area contributed by atoms with Crippen molar-refractivity contribution < 1.29 is 24.0 Å². The minimum absolute atomic E-state index is 0.162. The fourth-order valence-electron chi connectivity index (χ4n) is 4.54. The predicted molar refractivity (Wildman–Crippen MR) is 150 cm³/mol. The minimum atomic E-state index is -0.637. The summed E-state index contributed by atoms with van der Waals surface area (Å²) in [6.45, 7) is 10.5. The molecule has 0 aliphatic heterocycles. The lowest BCUT2D eigenvalue weighted by molar-refractivity contribution is 0.0706. The van der Waals surface area contributed by atoms with Crippen LogP contribution < -0.4 is 10.2 Å². The summed E-state index contributed by atoms with van der Waals surface area (Å²) in [5, 5.41) is 9.60. The molecule has 3 rings (SSSR count). The topological polar surface area (TPSA) is 92.0 Å². The number of hydroxylamine groups is 1. The number of furan rings is 1. The van der Waals surface area contributed by atoms with Crippen molar-refractivity contribution in [2.75, 3.05) is 26.2 Å². The molecule has 0 bridgehead atoms. The van der Waals surface area contributed by atoms with E-state index in [2.05, 4.69) is 25.7 Å². The van der Waals surface area contributed by atoms with Gasteiger partial charge in [-0.15, -0.1) is 0 Å². The molecule has 1 heterocycles. The van der Waals surface area contributed by atoms with Gasteiger partial charge in [-0.05, 0) is 81.2 Å². The third-order valence-electron chi connectivity index (χ3n) is 6.77. The first-order valence-corrected chi connectivity index (χ1v) is 14.0. The Morgan fingerprint density at radius 3 is 2.13 bits per heavy atom. The van der Waals surface area contributed by atoms with Gasteiger partial charge in [-0.3, -0.25) is 14.8 Å². The molecule has 0 saturated carbocycles. The maximum Gasteiger partial charge on any atom is 0.274 e. The Morgan fingerprint density at radius 1 is 0.868 bits per heavy atom. The Balaban J connectivity index is 1.70. The molecule has 206 valence electrons. The average Bonchev–Trinajstić information content (AvgIpc) is 3.32. The molecule has 0 atom stereocenters. The van der Waals surface area contributed by atoms with E-state index in [1.54, 1.807) is 35.8 Å². The Morgan fingerprint density at radius 2 is 1.50 bits per heavy atom. The fraction of sp³-hybridized carbons (Fsp3) is 0.484. The van der Waals surface area contributed by atoms with Crippen molar-refractivity contribution in [1.82, 2.24) is 10.4 Å². The summed E-state index contributed by atoms with van der Waals surface area (Å²) in [4.78, 5) is 28.1. The summed E-state index contributed by atoms with van der Waals surface area (Å²) in [6, 6.07) is 12.0. The first-order valence-electron chi connectivity index (χ1n) is 14.0. The molecule has 7 heteroatoms. The van der Waals surface area contributed by atoms with Crippen molar-refractivity contribution in [3.8, 4) is 5.75 Å². The van der Waals surface area contributed by atoms with Crippen molar-refractivity contribution in [2.45, 2.75) is 72.1 Å². The van der Waals surface area contributed by atoms with E-state index >= 15 is 0 Å². The fourth-order valence-corrected chi connectivity index (χ4v) is 4.54. The van der Waals surface area contributed by atoms with Crippen LogP contribution in [0.1, 0.15) is 97.8 Å². The number of hydrogen-bond acceptors (Lipinski definition) is 6. The summed E-state index contributed by atoms with van der Waals surface area (Å²) in [7, 11) is 0. The third-order valence-corrected chi connectivity index (χ3v) is 6.77. The number of fused-ring (bicyclic) bond motifs is 1. The van der Waals surface area contributed by atoms with E-state index in [0.29, 0.717) is 40.9 Å². The van der Waals surface area contributed by atoms with Gasteiger partial charge in [0, 0.05) is 29.5 Å². The van der Waals surface area contributed by atoms with E-state index in [1.807, 2.05) is 12.1 Å². The van der Waals surface area contributed by atoms with Gasteiger partial charge in [-0.2, -0.15) is 0 Å². The van der Waals surface area contributed by atoms with Crippen LogP contribution in [-0.2, 0) is 6.42 Å². The molecule has 1 aromatic heterocycles. The van der Waals surface area contributed by atoms with Crippen LogP contribution >= 0.6 is 0 Å². The second kappa shape index (κ2) is 15.3. The number of ether oxygens (including phenoxy) is 1. The minimum Gasteiger partial charge on any atom is -0.494 e. The Labute approximate surface area is 226 Å². The molecule has 2 N–H and O–H groups in total. The summed E-state index contributed by atoms with van der Waals surface area (Å²) in [5.41, 5.74) is 3.44. The zero-order chi connectivity index (χ0) is 27.3. The molecular weight excluding hydrogens is 480 g/mol. The number of unbranched alkanes of at least 4 members (excludes halogenated alkanes) is 3. The Hall–Kier alpha value is -3.16. The van der Waals surface area contributed by atoms with Crippen LogP contribution in [-0.4, -0.2) is 48.0 Å². The lowest BCUT2D eigenvalue weighted by Gasteiger charge is -2.21. The second-order valence-electron chi connectivity index (χ2n) is 9.76. The lowest BCUT2D eigenvalue weighted by Crippen LogP contribution is -2.28. The molecule has 0 fully saturated rings. The standard InChI is InChI=1S/C31H42N2O5/c1-4-7-11-28-29(26-22-24(31(35)32-36)14-17-27(26)38-28)30(34)23-12-15-25(16-13-23)37-21-10-20-33(18-8-5-2)19-9-6-3/h12-17,22,36H,4-11,18-21H2,1-3H3,(H,32,35). The van der Waals surface area contributed by atoms with Crippen molar-refractivity contribution in [3.05, 3.63) is 64.9 Å². The van der Waals surface area contributed by atoms with E-state index < -0.39 is 5.91 Å². The summed E-state index contributed by atoms with van der Waals surface area (Å²) in [5.74, 6) is 0.553. The summed E-state index contributed by atoms with van der Waals surface area (Å²) >= 11 is 0. The summed E-state index contributed by atoms with van der Waals surface area (Å²) in [6.07, 6.45) is 8.29. The highest BCUT2D eigenvalue weighted by Gasteiger charge is 2.23. The van der Waals surface area contributed by atoms with Crippen LogP contribution in [0.5, 0.6) is 5.75 Å². The molecule has 0 saturated heterocycles. The molecular formula is C31H42N2O5. The average molecular weight is 523 g/mol. The Bertz CT molecular complexity index is 1160. The zero-order valence-corrected chi connectivity index (χ0v) is 23.1. The first kappa shape index (κ1) is 29.4. The molecule has 38 heavy (non-hydrogen) atoms.